The number of hydrogen-bond acceptors (Lipinski definition) is 4. The van der Waals surface area contributed by atoms with Crippen LogP contribution in [0.4, 0.5) is 13.2 Å². The van der Waals surface area contributed by atoms with Crippen LogP contribution in [0.1, 0.15) is 30.9 Å². The Morgan fingerprint density at radius 3 is 2.52 bits per heavy atom. The lowest BCUT2D eigenvalue weighted by Gasteiger charge is -2.40. The minimum atomic E-state index is -4.35. The second-order valence-electron chi connectivity index (χ2n) is 7.30. The molecule has 1 aromatic rings. The number of nitrogens with zero attached hydrogens (tertiary/aromatic N) is 1. The molecule has 2 aliphatic rings. The standard InChI is InChI=1S/C18H22F3NO3/c1-17(11-25-17)10-22-7-6-13(16(23)24)9-15(22)8-12-2-4-14(5-3-12)18(19,20)21/h2-5,13,15H,6-11H2,1H3,(H,23,24)/p-1/t13?,15-,17?/m1/s1. The number of alkyl halides is 3. The second-order valence-corrected chi connectivity index (χ2v) is 7.30. The van der Waals surface area contributed by atoms with E-state index in [1.54, 1.807) is 0 Å². The first-order valence-electron chi connectivity index (χ1n) is 8.41. The predicted molar refractivity (Wildman–Crippen MR) is 82.6 cm³/mol. The van der Waals surface area contributed by atoms with Crippen LogP contribution in [-0.2, 0) is 22.1 Å². The maximum Gasteiger partial charge on any atom is 0.416 e. The molecule has 0 spiro atoms. The van der Waals surface area contributed by atoms with Crippen LogP contribution in [0, 0.1) is 5.92 Å². The average molecular weight is 356 g/mol. The number of rotatable bonds is 5. The van der Waals surface area contributed by atoms with E-state index >= 15 is 0 Å². The highest BCUT2D eigenvalue weighted by Crippen LogP contribution is 2.33. The first-order valence-corrected chi connectivity index (χ1v) is 8.41. The summed E-state index contributed by atoms with van der Waals surface area (Å²) in [5.41, 5.74) is -0.0979. The fourth-order valence-electron chi connectivity index (χ4n) is 3.48. The van der Waals surface area contributed by atoms with Crippen molar-refractivity contribution in [2.45, 2.75) is 44.0 Å². The fraction of sp³-hybridized carbons (Fsp3) is 0.611. The van der Waals surface area contributed by atoms with E-state index in [4.69, 9.17) is 4.74 Å². The van der Waals surface area contributed by atoms with Crippen LogP contribution >= 0.6 is 0 Å². The molecule has 0 aromatic heterocycles. The number of carbonyl (C=O) groups excluding carboxylic acids is 1. The Bertz CT molecular complexity index is 625. The van der Waals surface area contributed by atoms with Gasteiger partial charge in [-0.2, -0.15) is 13.2 Å². The van der Waals surface area contributed by atoms with Crippen LogP contribution < -0.4 is 5.11 Å². The SMILES string of the molecule is CC1(CN2CCC(C(=O)[O-])C[C@H]2Cc2ccc(C(F)(F)F)cc2)CO1. The highest BCUT2D eigenvalue weighted by molar-refractivity contribution is 5.67. The molecule has 0 N–H and O–H groups in total. The number of benzene rings is 1. The molecule has 7 heteroatoms. The smallest absolute Gasteiger partial charge is 0.416 e. The Labute approximate surface area is 144 Å². The van der Waals surface area contributed by atoms with Crippen molar-refractivity contribution in [3.8, 4) is 0 Å². The summed E-state index contributed by atoms with van der Waals surface area (Å²) in [7, 11) is 0. The third-order valence-electron chi connectivity index (χ3n) is 5.10. The van der Waals surface area contributed by atoms with Crippen LogP contribution in [0.25, 0.3) is 0 Å². The number of epoxide rings is 1. The Balaban J connectivity index is 1.71. The normalized spacial score (nSPS) is 30.2. The second kappa shape index (κ2) is 6.61. The molecule has 3 rings (SSSR count). The molecular weight excluding hydrogens is 335 g/mol. The zero-order valence-corrected chi connectivity index (χ0v) is 14.0. The quantitative estimate of drug-likeness (QED) is 0.756. The van der Waals surface area contributed by atoms with Gasteiger partial charge >= 0.3 is 6.18 Å². The summed E-state index contributed by atoms with van der Waals surface area (Å²) in [6.45, 7) is 4.02. The number of carboxylic acid groups (broad SMARTS) is 1. The van der Waals surface area contributed by atoms with Crippen molar-refractivity contribution in [2.24, 2.45) is 5.92 Å². The van der Waals surface area contributed by atoms with E-state index in [1.165, 1.54) is 12.1 Å². The molecule has 138 valence electrons. The van der Waals surface area contributed by atoms with Gasteiger partial charge in [0.1, 0.15) is 5.60 Å². The lowest BCUT2D eigenvalue weighted by molar-refractivity contribution is -0.313. The molecule has 1 aromatic carbocycles. The molecule has 4 nitrogen and oxygen atoms in total. The molecule has 2 saturated heterocycles. The van der Waals surface area contributed by atoms with Gasteiger partial charge in [-0.05, 0) is 50.4 Å². The number of likely N-dealkylation sites (tertiary alicyclic amines) is 1. The Hall–Kier alpha value is -1.60. The Kier molecular flexibility index (Phi) is 4.81. The lowest BCUT2D eigenvalue weighted by Crippen LogP contribution is -2.50. The fourth-order valence-corrected chi connectivity index (χ4v) is 3.48. The van der Waals surface area contributed by atoms with Gasteiger partial charge in [0.15, 0.2) is 0 Å². The van der Waals surface area contributed by atoms with Crippen molar-refractivity contribution < 1.29 is 27.8 Å². The van der Waals surface area contributed by atoms with Crippen LogP contribution in [0.15, 0.2) is 24.3 Å². The molecule has 2 aliphatic heterocycles. The summed E-state index contributed by atoms with van der Waals surface area (Å²) < 4.78 is 43.5. The zero-order valence-electron chi connectivity index (χ0n) is 14.0. The first kappa shape index (κ1) is 18.2. The van der Waals surface area contributed by atoms with Gasteiger partial charge in [-0.25, -0.2) is 0 Å². The highest BCUT2D eigenvalue weighted by Gasteiger charge is 2.43. The minimum absolute atomic E-state index is 0.0468. The van der Waals surface area contributed by atoms with Crippen molar-refractivity contribution in [3.05, 3.63) is 35.4 Å². The topological polar surface area (TPSA) is 55.9 Å². The first-order chi connectivity index (χ1) is 11.7. The number of aliphatic carboxylic acids is 1. The zero-order chi connectivity index (χ0) is 18.2. The summed E-state index contributed by atoms with van der Waals surface area (Å²) in [5.74, 6) is -1.56. The predicted octanol–water partition coefficient (Wildman–Crippen LogP) is 1.87. The van der Waals surface area contributed by atoms with E-state index in [2.05, 4.69) is 4.90 Å². The van der Waals surface area contributed by atoms with Crippen molar-refractivity contribution in [3.63, 3.8) is 0 Å². The van der Waals surface area contributed by atoms with Gasteiger partial charge in [0.05, 0.1) is 12.2 Å². The van der Waals surface area contributed by atoms with Crippen molar-refractivity contribution in [2.75, 3.05) is 19.7 Å². The molecule has 0 radical (unpaired) electrons. The maximum atomic E-state index is 12.7. The summed E-state index contributed by atoms with van der Waals surface area (Å²) in [6.07, 6.45) is -2.87. The van der Waals surface area contributed by atoms with Crippen molar-refractivity contribution >= 4 is 5.97 Å². The molecule has 0 bridgehead atoms. The van der Waals surface area contributed by atoms with Crippen LogP contribution in [0.2, 0.25) is 0 Å². The van der Waals surface area contributed by atoms with E-state index in [0.29, 0.717) is 39.0 Å². The maximum absolute atomic E-state index is 12.7. The Morgan fingerprint density at radius 1 is 1.36 bits per heavy atom. The van der Waals surface area contributed by atoms with Gasteiger partial charge in [0.2, 0.25) is 0 Å². The van der Waals surface area contributed by atoms with Crippen LogP contribution in [0.3, 0.4) is 0 Å². The summed E-state index contributed by atoms with van der Waals surface area (Å²) in [6, 6.07) is 5.04. The summed E-state index contributed by atoms with van der Waals surface area (Å²) in [4.78, 5) is 13.4. The summed E-state index contributed by atoms with van der Waals surface area (Å²) >= 11 is 0. The molecule has 2 fully saturated rings. The molecule has 0 aliphatic carbocycles. The van der Waals surface area contributed by atoms with Crippen LogP contribution in [0.5, 0.6) is 0 Å². The van der Waals surface area contributed by atoms with E-state index in [9.17, 15) is 23.1 Å². The van der Waals surface area contributed by atoms with Gasteiger partial charge in [-0.1, -0.05) is 12.1 Å². The molecule has 0 amide bonds. The third kappa shape index (κ3) is 4.52. The largest absolute Gasteiger partial charge is 0.550 e. The van der Waals surface area contributed by atoms with Crippen molar-refractivity contribution in [1.82, 2.24) is 4.90 Å². The number of halogens is 3. The molecule has 3 atom stereocenters. The van der Waals surface area contributed by atoms with E-state index in [1.807, 2.05) is 6.92 Å². The number of carbonyl (C=O) groups is 1. The van der Waals surface area contributed by atoms with E-state index < -0.39 is 23.6 Å². The Morgan fingerprint density at radius 2 is 2.00 bits per heavy atom. The number of carboxylic acids is 1. The number of piperidine rings is 1. The van der Waals surface area contributed by atoms with Crippen LogP contribution in [-0.4, -0.2) is 42.2 Å². The van der Waals surface area contributed by atoms with Gasteiger partial charge in [0.25, 0.3) is 0 Å². The monoisotopic (exact) mass is 356 g/mol. The number of ether oxygens (including phenoxy) is 1. The lowest BCUT2D eigenvalue weighted by atomic mass is 9.87. The van der Waals surface area contributed by atoms with Crippen molar-refractivity contribution in [1.29, 1.82) is 0 Å². The van der Waals surface area contributed by atoms with E-state index in [-0.39, 0.29) is 11.6 Å². The van der Waals surface area contributed by atoms with Gasteiger partial charge in [-0.15, -0.1) is 0 Å². The third-order valence-corrected chi connectivity index (χ3v) is 5.10. The summed E-state index contributed by atoms with van der Waals surface area (Å²) in [5, 5.41) is 11.2. The average Bonchev–Trinajstić information content (AvgIpc) is 3.26. The number of hydrogen-bond donors (Lipinski definition) is 0. The highest BCUT2D eigenvalue weighted by atomic mass is 19.4. The molecule has 2 heterocycles. The minimum Gasteiger partial charge on any atom is -0.550 e. The van der Waals surface area contributed by atoms with Gasteiger partial charge in [-0.3, -0.25) is 4.90 Å². The molecule has 0 saturated carbocycles. The molecular formula is C18H21F3NO3-. The molecule has 2 unspecified atom stereocenters. The molecule has 25 heavy (non-hydrogen) atoms. The van der Waals surface area contributed by atoms with E-state index in [0.717, 1.165) is 17.7 Å². The van der Waals surface area contributed by atoms with Gasteiger partial charge < -0.3 is 14.6 Å². The van der Waals surface area contributed by atoms with Gasteiger partial charge in [0, 0.05) is 24.5 Å².